The molecule has 5 aromatic heterocycles. The Morgan fingerprint density at radius 1 is 0.567 bits per heavy atom. The summed E-state index contributed by atoms with van der Waals surface area (Å²) < 4.78 is 44.6. The molecule has 4 N–H and O–H groups in total. The molecule has 5 aromatic carbocycles. The molecule has 10 aromatic rings. The number of aromatic nitrogens is 5. The molecule has 2 unspecified atom stereocenters. The number of fused-ring (bicyclic) bond motifs is 4. The number of piperidine rings is 2. The maximum absolute atomic E-state index is 13.6. The Morgan fingerprint density at radius 2 is 1.19 bits per heavy atom. The summed E-state index contributed by atoms with van der Waals surface area (Å²) in [6.45, 7) is 6.51. The van der Waals surface area contributed by atoms with Gasteiger partial charge in [-0.3, -0.25) is 48.7 Å². The number of carbonyl (C=O) groups is 7. The molecule has 0 saturated carbocycles. The summed E-state index contributed by atoms with van der Waals surface area (Å²) >= 11 is 1.46. The molecule has 0 spiro atoms. The number of nitrogens with zero attached hydrogens (tertiary/aromatic N) is 7. The minimum Gasteiger partial charge on any atom is -0.495 e. The molecule has 97 heavy (non-hydrogen) atoms. The number of benzene rings is 5. The number of amides is 7. The van der Waals surface area contributed by atoms with E-state index in [1.807, 2.05) is 89.6 Å². The van der Waals surface area contributed by atoms with Crippen molar-refractivity contribution in [1.82, 2.24) is 44.8 Å². The molecular formula is C72H62FN11O12S. The number of nitrogens with one attached hydrogen (secondary N) is 4. The summed E-state index contributed by atoms with van der Waals surface area (Å²) in [5.41, 5.74) is 9.88. The number of thiazole rings is 1. The normalized spacial score (nSPS) is 15.9. The third-order valence-electron chi connectivity index (χ3n) is 16.5. The number of imidazole rings is 1. The van der Waals surface area contributed by atoms with Crippen molar-refractivity contribution >= 4 is 80.2 Å². The first-order valence-electron chi connectivity index (χ1n) is 31.2. The summed E-state index contributed by atoms with van der Waals surface area (Å²) in [4.78, 5) is 109. The van der Waals surface area contributed by atoms with Crippen molar-refractivity contribution in [2.45, 2.75) is 37.8 Å². The topological polar surface area (TPSA) is 276 Å². The van der Waals surface area contributed by atoms with Gasteiger partial charge in [0.1, 0.15) is 70.7 Å². The van der Waals surface area contributed by atoms with Crippen LogP contribution in [0.4, 0.5) is 16.0 Å². The smallest absolute Gasteiger partial charge is 0.266 e. The number of carbonyl (C=O) groups excluding carboxylic acids is 7. The average Bonchev–Trinajstić information content (AvgIpc) is 1.62. The van der Waals surface area contributed by atoms with E-state index in [0.717, 1.165) is 75.5 Å². The van der Waals surface area contributed by atoms with Gasteiger partial charge in [0.2, 0.25) is 17.7 Å². The van der Waals surface area contributed by atoms with Crippen molar-refractivity contribution in [3.8, 4) is 61.3 Å². The minimum absolute atomic E-state index is 0.0529. The SMILES string of the molecule is C=C1CCC(N2C(=O)c3ccc(OCCOCCNc4cc(-c5ccc(-c6nc7ccc(F)cc7s6)cc5)ccn4)cc3C2=O)C(=O)N1.COc1ccc2nc(-c3ccc(-c4ccnc(NCCOCCOc5cccc6c5C(=O)N(C5CCC(=O)NC5=O)C6=O)c4)cc3)cn2c1. The van der Waals surface area contributed by atoms with Gasteiger partial charge in [-0.25, -0.2) is 24.3 Å². The first-order valence-corrected chi connectivity index (χ1v) is 32.0. The second-order valence-electron chi connectivity index (χ2n) is 22.8. The van der Waals surface area contributed by atoms with Crippen LogP contribution in [0.2, 0.25) is 0 Å². The van der Waals surface area contributed by atoms with E-state index >= 15 is 0 Å². The standard InChI is InChI=1S/C36H30FN5O5S.C36H32N6O7/c1-21-2-11-30(33(43)40-21)42-35(44)27-9-8-26(20-28(27)36(42)45)47-17-16-46-15-14-39-32-18-24(12-13-38-32)22-3-5-23(6-4-22)34-41-29-10-7-25(37)19-31(29)48-34;1-47-25-9-11-31-39-27(21-41(31)20-25)23-7-5-22(6-8-23)24-13-14-37-30(19-24)38-15-16-48-17-18-49-29-4-2-3-26-33(29)36(46)42(35(26)45)28-10-12-32(43)40-34(28)44/h3-10,12-13,18-20,30H,1-2,11,14-17H2,(H,38,39)(H,40,43);2-9,11,13-14,19-21,28H,10,12,15-18H2,1H3,(H,37,38)(H,40,43,44). The Bertz CT molecular complexity index is 4730. The van der Waals surface area contributed by atoms with Crippen LogP contribution < -0.4 is 35.5 Å². The molecule has 14 rings (SSSR count). The zero-order chi connectivity index (χ0) is 67.1. The van der Waals surface area contributed by atoms with Crippen LogP contribution in [-0.2, 0) is 23.9 Å². The number of imide groups is 3. The third kappa shape index (κ3) is 14.2. The lowest BCUT2D eigenvalue weighted by Crippen LogP contribution is -2.54. The monoisotopic (exact) mass is 1320 g/mol. The van der Waals surface area contributed by atoms with Crippen molar-refractivity contribution in [1.29, 1.82) is 0 Å². The number of methoxy groups -OCH3 is 1. The maximum atomic E-state index is 13.6. The lowest BCUT2D eigenvalue weighted by atomic mass is 10.0. The van der Waals surface area contributed by atoms with Gasteiger partial charge < -0.3 is 44.0 Å². The maximum Gasteiger partial charge on any atom is 0.266 e. The zero-order valence-electron chi connectivity index (χ0n) is 52.3. The molecule has 25 heteroatoms. The molecule has 2 fully saturated rings. The van der Waals surface area contributed by atoms with E-state index in [2.05, 4.69) is 54.9 Å². The summed E-state index contributed by atoms with van der Waals surface area (Å²) in [6, 6.07) is 40.1. The number of halogens is 1. The molecule has 0 aliphatic carbocycles. The Balaban J connectivity index is 0.000000175. The molecule has 0 radical (unpaired) electrons. The van der Waals surface area contributed by atoms with E-state index in [4.69, 9.17) is 28.7 Å². The van der Waals surface area contributed by atoms with Gasteiger partial charge in [-0.2, -0.15) is 0 Å². The molecule has 4 aliphatic rings. The number of ether oxygens (including phenoxy) is 5. The van der Waals surface area contributed by atoms with Crippen LogP contribution >= 0.6 is 11.3 Å². The van der Waals surface area contributed by atoms with E-state index in [0.29, 0.717) is 68.8 Å². The van der Waals surface area contributed by atoms with Crippen LogP contribution in [0, 0.1) is 5.82 Å². The second kappa shape index (κ2) is 28.6. The number of pyridine rings is 3. The Kier molecular flexibility index (Phi) is 18.9. The summed E-state index contributed by atoms with van der Waals surface area (Å²) in [7, 11) is 1.64. The fourth-order valence-corrected chi connectivity index (χ4v) is 12.7. The fourth-order valence-electron chi connectivity index (χ4n) is 11.7. The molecule has 490 valence electrons. The zero-order valence-corrected chi connectivity index (χ0v) is 53.1. The molecule has 7 amide bonds. The highest BCUT2D eigenvalue weighted by Gasteiger charge is 2.47. The van der Waals surface area contributed by atoms with Crippen LogP contribution in [0.5, 0.6) is 17.2 Å². The van der Waals surface area contributed by atoms with Gasteiger partial charge in [0.15, 0.2) is 0 Å². The highest BCUT2D eigenvalue weighted by Crippen LogP contribution is 2.36. The number of hydrogen-bond acceptors (Lipinski definition) is 19. The lowest BCUT2D eigenvalue weighted by Gasteiger charge is -2.29. The Hall–Kier alpha value is -11.5. The first kappa shape index (κ1) is 64.2. The van der Waals surface area contributed by atoms with Crippen LogP contribution in [0.25, 0.3) is 59.9 Å². The molecule has 23 nitrogen and oxygen atoms in total. The van der Waals surface area contributed by atoms with Gasteiger partial charge in [-0.15, -0.1) is 11.3 Å². The Morgan fingerprint density at radius 3 is 1.87 bits per heavy atom. The largest absolute Gasteiger partial charge is 0.495 e. The van der Waals surface area contributed by atoms with Gasteiger partial charge in [-0.1, -0.05) is 61.2 Å². The van der Waals surface area contributed by atoms with Gasteiger partial charge in [-0.05, 0) is 126 Å². The lowest BCUT2D eigenvalue weighted by molar-refractivity contribution is -0.136. The Labute approximate surface area is 558 Å². The molecular weight excluding hydrogens is 1260 g/mol. The summed E-state index contributed by atoms with van der Waals surface area (Å²) in [5.74, 6) is -1.08. The van der Waals surface area contributed by atoms with Crippen molar-refractivity contribution < 1.29 is 61.6 Å². The predicted octanol–water partition coefficient (Wildman–Crippen LogP) is 10.0. The average molecular weight is 1320 g/mol. The molecule has 0 bridgehead atoms. The second-order valence-corrected chi connectivity index (χ2v) is 23.9. The fraction of sp³-hybridized carbons (Fsp3) is 0.208. The highest BCUT2D eigenvalue weighted by molar-refractivity contribution is 7.21. The number of rotatable bonds is 23. The van der Waals surface area contributed by atoms with Crippen LogP contribution in [0.1, 0.15) is 67.1 Å². The number of allylic oxidation sites excluding steroid dienone is 1. The molecule has 4 aliphatic heterocycles. The van der Waals surface area contributed by atoms with E-state index in [-0.39, 0.29) is 66.5 Å². The van der Waals surface area contributed by atoms with E-state index in [1.165, 1.54) is 35.6 Å². The first-order chi connectivity index (χ1) is 47.2. The van der Waals surface area contributed by atoms with Gasteiger partial charge in [0.05, 0.1) is 77.9 Å². The molecule has 2 atom stereocenters. The van der Waals surface area contributed by atoms with E-state index < -0.39 is 53.4 Å². The summed E-state index contributed by atoms with van der Waals surface area (Å²) in [6.07, 6.45) is 8.36. The van der Waals surface area contributed by atoms with Gasteiger partial charge in [0, 0.05) is 54.9 Å². The van der Waals surface area contributed by atoms with Crippen molar-refractivity contribution in [3.63, 3.8) is 0 Å². The van der Waals surface area contributed by atoms with Crippen molar-refractivity contribution in [3.05, 3.63) is 205 Å². The van der Waals surface area contributed by atoms with Crippen molar-refractivity contribution in [2.24, 2.45) is 0 Å². The number of hydrogen-bond donors (Lipinski definition) is 4. The van der Waals surface area contributed by atoms with E-state index in [9.17, 15) is 38.0 Å². The molecule has 9 heterocycles. The van der Waals surface area contributed by atoms with Crippen LogP contribution in [0.3, 0.4) is 0 Å². The minimum atomic E-state index is -1.04. The highest BCUT2D eigenvalue weighted by atomic mass is 32.1. The number of anilines is 2. The van der Waals surface area contributed by atoms with Crippen LogP contribution in [0.15, 0.2) is 177 Å². The third-order valence-corrected chi connectivity index (χ3v) is 17.6. The van der Waals surface area contributed by atoms with Gasteiger partial charge in [0.25, 0.3) is 23.6 Å². The molecule has 2 saturated heterocycles. The quantitative estimate of drug-likeness (QED) is 0.0342. The summed E-state index contributed by atoms with van der Waals surface area (Å²) in [5, 5.41) is 12.2. The van der Waals surface area contributed by atoms with Crippen LogP contribution in [-0.4, -0.2) is 147 Å². The predicted molar refractivity (Wildman–Crippen MR) is 359 cm³/mol. The van der Waals surface area contributed by atoms with Gasteiger partial charge >= 0.3 is 0 Å². The van der Waals surface area contributed by atoms with E-state index in [1.54, 1.807) is 49.8 Å². The van der Waals surface area contributed by atoms with Crippen molar-refractivity contribution in [2.75, 3.05) is 70.5 Å².